The summed E-state index contributed by atoms with van der Waals surface area (Å²) >= 11 is 0. The van der Waals surface area contributed by atoms with Crippen molar-refractivity contribution < 1.29 is 14.3 Å². The minimum Gasteiger partial charge on any atom is -0.493 e. The quantitative estimate of drug-likeness (QED) is 0.741. The van der Waals surface area contributed by atoms with Crippen LogP contribution in [-0.2, 0) is 11.4 Å². The van der Waals surface area contributed by atoms with Crippen molar-refractivity contribution in [1.82, 2.24) is 0 Å². The molecule has 0 atom stereocenters. The highest BCUT2D eigenvalue weighted by Gasteiger charge is 2.12. The fraction of sp³-hybridized carbons (Fsp3) is 0.400. The van der Waals surface area contributed by atoms with Gasteiger partial charge >= 0.3 is 0 Å². The summed E-state index contributed by atoms with van der Waals surface area (Å²) in [5.74, 6) is 6.41. The molecule has 1 aromatic carbocycles. The van der Waals surface area contributed by atoms with Crippen LogP contribution in [0.1, 0.15) is 11.1 Å². The van der Waals surface area contributed by atoms with E-state index in [0.29, 0.717) is 18.1 Å². The predicted octanol–water partition coefficient (Wildman–Crippen LogP) is 1.40. The third-order valence-corrected chi connectivity index (χ3v) is 2.11. The van der Waals surface area contributed by atoms with Crippen molar-refractivity contribution in [3.8, 4) is 11.5 Å². The van der Waals surface area contributed by atoms with E-state index in [2.05, 4.69) is 4.84 Å². The number of ether oxygens (including phenoxy) is 2. The van der Waals surface area contributed by atoms with Crippen LogP contribution < -0.4 is 15.4 Å². The largest absolute Gasteiger partial charge is 0.493 e. The molecule has 0 bridgehead atoms. The normalized spacial score (nSPS) is 10.0. The molecule has 1 rings (SSSR count). The number of hydrogen-bond donors (Lipinski definition) is 1. The molecule has 4 heteroatoms. The van der Waals surface area contributed by atoms with Crippen molar-refractivity contribution in [2.75, 3.05) is 14.2 Å². The van der Waals surface area contributed by atoms with Crippen LogP contribution in [0.3, 0.4) is 0 Å². The molecule has 0 unspecified atom stereocenters. The molecule has 0 saturated heterocycles. The fourth-order valence-corrected chi connectivity index (χ4v) is 1.35. The van der Waals surface area contributed by atoms with Gasteiger partial charge in [0, 0.05) is 5.56 Å². The number of methoxy groups -OCH3 is 2. The monoisotopic (exact) mass is 197 g/mol. The SMILES string of the molecule is COc1ccc(C)c(CON)c1OC. The van der Waals surface area contributed by atoms with Crippen LogP contribution in [0.5, 0.6) is 11.5 Å². The van der Waals surface area contributed by atoms with Gasteiger partial charge in [0.05, 0.1) is 20.8 Å². The molecule has 0 spiro atoms. The maximum Gasteiger partial charge on any atom is 0.166 e. The molecule has 78 valence electrons. The van der Waals surface area contributed by atoms with Gasteiger partial charge in [0.1, 0.15) is 0 Å². The van der Waals surface area contributed by atoms with Crippen LogP contribution in [-0.4, -0.2) is 14.2 Å². The minimum absolute atomic E-state index is 0.312. The van der Waals surface area contributed by atoms with Crippen LogP contribution in [0.15, 0.2) is 12.1 Å². The van der Waals surface area contributed by atoms with Crippen LogP contribution >= 0.6 is 0 Å². The van der Waals surface area contributed by atoms with Gasteiger partial charge in [-0.15, -0.1) is 0 Å². The molecule has 0 fully saturated rings. The zero-order valence-electron chi connectivity index (χ0n) is 8.66. The Morgan fingerprint density at radius 2 is 1.93 bits per heavy atom. The highest BCUT2D eigenvalue weighted by atomic mass is 16.6. The topological polar surface area (TPSA) is 53.7 Å². The van der Waals surface area contributed by atoms with E-state index >= 15 is 0 Å². The summed E-state index contributed by atoms with van der Waals surface area (Å²) in [6.45, 7) is 2.28. The molecule has 0 aliphatic rings. The third kappa shape index (κ3) is 1.97. The molecule has 4 nitrogen and oxygen atoms in total. The molecule has 14 heavy (non-hydrogen) atoms. The van der Waals surface area contributed by atoms with Crippen LogP contribution in [0.4, 0.5) is 0 Å². The Bertz CT molecular complexity index is 312. The van der Waals surface area contributed by atoms with E-state index in [9.17, 15) is 0 Å². The number of rotatable bonds is 4. The second kappa shape index (κ2) is 4.83. The molecule has 0 heterocycles. The van der Waals surface area contributed by atoms with Crippen molar-refractivity contribution in [3.05, 3.63) is 23.3 Å². The van der Waals surface area contributed by atoms with E-state index in [1.54, 1.807) is 14.2 Å². The second-order valence-electron chi connectivity index (χ2n) is 2.91. The van der Waals surface area contributed by atoms with Crippen molar-refractivity contribution >= 4 is 0 Å². The summed E-state index contributed by atoms with van der Waals surface area (Å²) in [4.78, 5) is 4.62. The smallest absolute Gasteiger partial charge is 0.166 e. The first kappa shape index (κ1) is 10.8. The van der Waals surface area contributed by atoms with E-state index in [4.69, 9.17) is 15.4 Å². The van der Waals surface area contributed by atoms with Gasteiger partial charge in [-0.25, -0.2) is 5.90 Å². The molecule has 0 radical (unpaired) electrons. The van der Waals surface area contributed by atoms with Crippen molar-refractivity contribution in [2.45, 2.75) is 13.5 Å². The summed E-state index contributed by atoms with van der Waals surface area (Å²) in [6, 6.07) is 3.80. The lowest BCUT2D eigenvalue weighted by Gasteiger charge is -2.14. The molecule has 0 aromatic heterocycles. The summed E-state index contributed by atoms with van der Waals surface area (Å²) in [7, 11) is 3.19. The molecule has 0 amide bonds. The van der Waals surface area contributed by atoms with E-state index in [-0.39, 0.29) is 0 Å². The molecule has 0 aliphatic carbocycles. The van der Waals surface area contributed by atoms with Crippen molar-refractivity contribution in [1.29, 1.82) is 0 Å². The van der Waals surface area contributed by atoms with Crippen LogP contribution in [0, 0.1) is 6.92 Å². The molecule has 2 N–H and O–H groups in total. The summed E-state index contributed by atoms with van der Waals surface area (Å²) in [6.07, 6.45) is 0. The molecule has 0 saturated carbocycles. The number of nitrogens with two attached hydrogens (primary N) is 1. The Hall–Kier alpha value is -1.26. The molecule has 1 aromatic rings. The highest BCUT2D eigenvalue weighted by molar-refractivity contribution is 5.50. The maximum atomic E-state index is 5.24. The van der Waals surface area contributed by atoms with E-state index in [1.807, 2.05) is 19.1 Å². The Morgan fingerprint density at radius 1 is 1.21 bits per heavy atom. The van der Waals surface area contributed by atoms with E-state index in [1.165, 1.54) is 0 Å². The van der Waals surface area contributed by atoms with Crippen molar-refractivity contribution in [2.24, 2.45) is 5.90 Å². The van der Waals surface area contributed by atoms with Crippen molar-refractivity contribution in [3.63, 3.8) is 0 Å². The maximum absolute atomic E-state index is 5.24. The second-order valence-corrected chi connectivity index (χ2v) is 2.91. The van der Waals surface area contributed by atoms with Gasteiger partial charge < -0.3 is 9.47 Å². The Kier molecular flexibility index (Phi) is 3.73. The van der Waals surface area contributed by atoms with Gasteiger partial charge in [-0.05, 0) is 18.6 Å². The first-order valence-electron chi connectivity index (χ1n) is 4.26. The standard InChI is InChI=1S/C10H15NO3/c1-7-4-5-9(12-2)10(13-3)8(7)6-14-11/h4-5H,6,11H2,1-3H3. The number of aryl methyl sites for hydroxylation is 1. The lowest BCUT2D eigenvalue weighted by atomic mass is 10.1. The summed E-state index contributed by atoms with van der Waals surface area (Å²) in [5.41, 5.74) is 1.97. The highest BCUT2D eigenvalue weighted by Crippen LogP contribution is 2.33. The fourth-order valence-electron chi connectivity index (χ4n) is 1.35. The summed E-state index contributed by atoms with van der Waals surface area (Å²) in [5, 5.41) is 0. The first-order valence-corrected chi connectivity index (χ1v) is 4.26. The Balaban J connectivity index is 3.20. The van der Waals surface area contributed by atoms with Gasteiger partial charge in [-0.1, -0.05) is 6.07 Å². The molecular formula is C10H15NO3. The first-order chi connectivity index (χ1) is 6.74. The molecular weight excluding hydrogens is 182 g/mol. The van der Waals surface area contributed by atoms with E-state index in [0.717, 1.165) is 11.1 Å². The Labute approximate surface area is 83.5 Å². The number of benzene rings is 1. The van der Waals surface area contributed by atoms with Gasteiger partial charge in [0.2, 0.25) is 0 Å². The average molecular weight is 197 g/mol. The lowest BCUT2D eigenvalue weighted by Crippen LogP contribution is -2.04. The van der Waals surface area contributed by atoms with E-state index < -0.39 is 0 Å². The van der Waals surface area contributed by atoms with Gasteiger partial charge in [-0.3, -0.25) is 4.84 Å². The zero-order valence-corrected chi connectivity index (χ0v) is 8.66. The Morgan fingerprint density at radius 3 is 2.43 bits per heavy atom. The number of hydrogen-bond acceptors (Lipinski definition) is 4. The van der Waals surface area contributed by atoms with Gasteiger partial charge in [-0.2, -0.15) is 0 Å². The molecule has 0 aliphatic heterocycles. The van der Waals surface area contributed by atoms with Crippen LogP contribution in [0.25, 0.3) is 0 Å². The zero-order chi connectivity index (χ0) is 10.6. The average Bonchev–Trinajstić information content (AvgIpc) is 2.21. The van der Waals surface area contributed by atoms with Gasteiger partial charge in [0.15, 0.2) is 11.5 Å². The van der Waals surface area contributed by atoms with Crippen LogP contribution in [0.2, 0.25) is 0 Å². The predicted molar refractivity (Wildman–Crippen MR) is 53.3 cm³/mol. The lowest BCUT2D eigenvalue weighted by molar-refractivity contribution is 0.121. The summed E-state index contributed by atoms with van der Waals surface area (Å²) < 4.78 is 10.4. The third-order valence-electron chi connectivity index (χ3n) is 2.11. The minimum atomic E-state index is 0.312. The van der Waals surface area contributed by atoms with Gasteiger partial charge in [0.25, 0.3) is 0 Å².